The van der Waals surface area contributed by atoms with E-state index in [4.69, 9.17) is 9.47 Å². The van der Waals surface area contributed by atoms with Gasteiger partial charge in [0.15, 0.2) is 0 Å². The molecule has 0 amide bonds. The molecule has 0 aromatic heterocycles. The van der Waals surface area contributed by atoms with Crippen molar-refractivity contribution >= 4 is 17.5 Å². The van der Waals surface area contributed by atoms with Crippen molar-refractivity contribution in [2.24, 2.45) is 10.9 Å². The number of Topliss-reactive ketones (excluding diaryl/α,β-unsaturated/α-hetero) is 1. The number of allylic oxidation sites excluding steroid dienone is 1. The van der Waals surface area contributed by atoms with E-state index < -0.39 is 17.8 Å². The maximum Gasteiger partial charge on any atom is 0.336 e. The lowest BCUT2D eigenvalue weighted by Crippen LogP contribution is -2.39. The van der Waals surface area contributed by atoms with Crippen molar-refractivity contribution in [3.05, 3.63) is 41.1 Å². The average molecular weight is 355 g/mol. The summed E-state index contributed by atoms with van der Waals surface area (Å²) in [4.78, 5) is 30.0. The Morgan fingerprint density at radius 3 is 2.62 bits per heavy atom. The third-order valence-corrected chi connectivity index (χ3v) is 4.93. The molecule has 1 aromatic rings. The molecule has 1 fully saturated rings. The normalized spacial score (nSPS) is 22.8. The van der Waals surface area contributed by atoms with Crippen LogP contribution in [0.5, 0.6) is 5.75 Å². The van der Waals surface area contributed by atoms with Crippen molar-refractivity contribution in [3.8, 4) is 5.75 Å². The Balaban J connectivity index is 2.19. The first-order chi connectivity index (χ1) is 12.4. The van der Waals surface area contributed by atoms with Crippen molar-refractivity contribution in [2.75, 3.05) is 7.11 Å². The molecule has 1 saturated carbocycles. The Morgan fingerprint density at radius 1 is 1.19 bits per heavy atom. The second kappa shape index (κ2) is 7.44. The van der Waals surface area contributed by atoms with Gasteiger partial charge in [-0.3, -0.25) is 9.79 Å². The van der Waals surface area contributed by atoms with Crippen molar-refractivity contribution in [1.82, 2.24) is 0 Å². The first-order valence-electron chi connectivity index (χ1n) is 9.08. The number of ketones is 1. The molecule has 0 radical (unpaired) electrons. The van der Waals surface area contributed by atoms with E-state index in [0.29, 0.717) is 23.4 Å². The molecule has 2 atom stereocenters. The molecule has 0 spiro atoms. The van der Waals surface area contributed by atoms with Crippen molar-refractivity contribution in [2.45, 2.75) is 52.1 Å². The van der Waals surface area contributed by atoms with Crippen LogP contribution in [0.4, 0.5) is 0 Å². The number of carbonyl (C=O) groups excluding carboxylic acids is 2. The number of carbonyl (C=O) groups is 2. The Bertz CT molecular complexity index is 791. The van der Waals surface area contributed by atoms with Crippen LogP contribution in [0.3, 0.4) is 0 Å². The van der Waals surface area contributed by atoms with Gasteiger partial charge in [-0.15, -0.1) is 0 Å². The molecular weight excluding hydrogens is 330 g/mol. The number of ether oxygens (including phenoxy) is 2. The van der Waals surface area contributed by atoms with Crippen molar-refractivity contribution < 1.29 is 19.1 Å². The van der Waals surface area contributed by atoms with E-state index in [1.54, 1.807) is 0 Å². The standard InChI is InChI=1S/C21H25NO4/c1-12(2)26-17-11-6-5-8-14(17)19-18(21(24)25-4)13(3)22-15-9-7-10-16(23)20(15)19/h5-6,8,11-12,19-20H,7,9-10H2,1-4H3. The summed E-state index contributed by atoms with van der Waals surface area (Å²) in [6, 6.07) is 7.63. The van der Waals surface area contributed by atoms with Gasteiger partial charge in [0.2, 0.25) is 0 Å². The maximum atomic E-state index is 12.8. The van der Waals surface area contributed by atoms with Crippen molar-refractivity contribution in [1.29, 1.82) is 0 Å². The van der Waals surface area contributed by atoms with Gasteiger partial charge in [0, 0.05) is 29.3 Å². The fourth-order valence-corrected chi connectivity index (χ4v) is 3.93. The van der Waals surface area contributed by atoms with E-state index in [9.17, 15) is 9.59 Å². The summed E-state index contributed by atoms with van der Waals surface area (Å²) in [6.45, 7) is 5.73. The highest BCUT2D eigenvalue weighted by molar-refractivity contribution is 6.11. The lowest BCUT2D eigenvalue weighted by Gasteiger charge is -2.36. The molecule has 1 aliphatic carbocycles. The predicted octanol–water partition coefficient (Wildman–Crippen LogP) is 3.83. The van der Waals surface area contributed by atoms with Crippen LogP contribution in [0, 0.1) is 5.92 Å². The zero-order valence-corrected chi connectivity index (χ0v) is 15.7. The molecule has 5 heteroatoms. The number of hydrogen-bond donors (Lipinski definition) is 0. The highest BCUT2D eigenvalue weighted by Gasteiger charge is 2.44. The minimum Gasteiger partial charge on any atom is -0.491 e. The highest BCUT2D eigenvalue weighted by atomic mass is 16.5. The fourth-order valence-electron chi connectivity index (χ4n) is 3.93. The zero-order valence-electron chi connectivity index (χ0n) is 15.7. The minimum atomic E-state index is -0.437. The van der Waals surface area contributed by atoms with Crippen LogP contribution in [-0.2, 0) is 14.3 Å². The molecule has 0 N–H and O–H groups in total. The number of para-hydroxylation sites is 1. The smallest absolute Gasteiger partial charge is 0.336 e. The Labute approximate surface area is 154 Å². The molecule has 1 aliphatic heterocycles. The second-order valence-corrected chi connectivity index (χ2v) is 7.07. The summed E-state index contributed by atoms with van der Waals surface area (Å²) >= 11 is 0. The van der Waals surface area contributed by atoms with Crippen LogP contribution in [0.15, 0.2) is 40.5 Å². The summed E-state index contributed by atoms with van der Waals surface area (Å²) in [7, 11) is 1.36. The van der Waals surface area contributed by atoms with E-state index in [-0.39, 0.29) is 11.9 Å². The van der Waals surface area contributed by atoms with E-state index in [1.165, 1.54) is 7.11 Å². The number of rotatable bonds is 4. The minimum absolute atomic E-state index is 0.0124. The number of methoxy groups -OCH3 is 1. The highest BCUT2D eigenvalue weighted by Crippen LogP contribution is 2.45. The summed E-state index contributed by atoms with van der Waals surface area (Å²) in [5, 5.41) is 0. The molecule has 0 bridgehead atoms. The lowest BCUT2D eigenvalue weighted by atomic mass is 9.69. The predicted molar refractivity (Wildman–Crippen MR) is 99.4 cm³/mol. The summed E-state index contributed by atoms with van der Waals surface area (Å²) in [6.07, 6.45) is 2.10. The van der Waals surface area contributed by atoms with Gasteiger partial charge < -0.3 is 9.47 Å². The maximum absolute atomic E-state index is 12.8. The SMILES string of the molecule is COC(=O)C1=C(C)N=C2CCCC(=O)C2C1c1ccccc1OC(C)C. The van der Waals surface area contributed by atoms with Crippen LogP contribution in [0.2, 0.25) is 0 Å². The average Bonchev–Trinajstić information content (AvgIpc) is 2.60. The third-order valence-electron chi connectivity index (χ3n) is 4.93. The first kappa shape index (κ1) is 18.4. The van der Waals surface area contributed by atoms with Gasteiger partial charge in [0.05, 0.1) is 24.7 Å². The van der Waals surface area contributed by atoms with E-state index >= 15 is 0 Å². The van der Waals surface area contributed by atoms with Crippen LogP contribution < -0.4 is 4.74 Å². The second-order valence-electron chi connectivity index (χ2n) is 7.07. The largest absolute Gasteiger partial charge is 0.491 e. The zero-order chi connectivity index (χ0) is 18.8. The number of fused-ring (bicyclic) bond motifs is 1. The summed E-state index contributed by atoms with van der Waals surface area (Å²) in [5.41, 5.74) is 2.79. The Morgan fingerprint density at radius 2 is 1.92 bits per heavy atom. The van der Waals surface area contributed by atoms with Gasteiger partial charge in [-0.1, -0.05) is 18.2 Å². The van der Waals surface area contributed by atoms with Crippen LogP contribution in [0.1, 0.15) is 51.5 Å². The number of nitrogens with zero attached hydrogens (tertiary/aromatic N) is 1. The van der Waals surface area contributed by atoms with Crippen molar-refractivity contribution in [3.63, 3.8) is 0 Å². The van der Waals surface area contributed by atoms with E-state index in [2.05, 4.69) is 4.99 Å². The Hall–Kier alpha value is -2.43. The number of hydrogen-bond acceptors (Lipinski definition) is 5. The monoisotopic (exact) mass is 355 g/mol. The van der Waals surface area contributed by atoms with Crippen LogP contribution in [-0.4, -0.2) is 30.7 Å². The number of benzene rings is 1. The quantitative estimate of drug-likeness (QED) is 0.770. The topological polar surface area (TPSA) is 65.0 Å². The van der Waals surface area contributed by atoms with Crippen LogP contribution >= 0.6 is 0 Å². The molecule has 1 heterocycles. The fraction of sp³-hybridized carbons (Fsp3) is 0.476. The van der Waals surface area contributed by atoms with Gasteiger partial charge in [-0.2, -0.15) is 0 Å². The van der Waals surface area contributed by atoms with E-state index in [0.717, 1.165) is 24.1 Å². The molecule has 2 unspecified atom stereocenters. The first-order valence-corrected chi connectivity index (χ1v) is 9.08. The molecule has 5 nitrogen and oxygen atoms in total. The molecule has 26 heavy (non-hydrogen) atoms. The van der Waals surface area contributed by atoms with Gasteiger partial charge in [-0.05, 0) is 39.7 Å². The van der Waals surface area contributed by atoms with Gasteiger partial charge >= 0.3 is 5.97 Å². The Kier molecular flexibility index (Phi) is 5.25. The molecular formula is C21H25NO4. The molecule has 0 saturated heterocycles. The molecule has 2 aliphatic rings. The molecule has 1 aromatic carbocycles. The molecule has 3 rings (SSSR count). The third kappa shape index (κ3) is 3.30. The molecule has 138 valence electrons. The van der Waals surface area contributed by atoms with Gasteiger partial charge in [0.1, 0.15) is 11.5 Å². The van der Waals surface area contributed by atoms with Gasteiger partial charge in [-0.25, -0.2) is 4.79 Å². The van der Waals surface area contributed by atoms with Gasteiger partial charge in [0.25, 0.3) is 0 Å². The number of esters is 1. The van der Waals surface area contributed by atoms with Crippen LogP contribution in [0.25, 0.3) is 0 Å². The summed E-state index contributed by atoms with van der Waals surface area (Å²) < 4.78 is 11.0. The number of aliphatic imine (C=N–C) groups is 1. The summed E-state index contributed by atoms with van der Waals surface area (Å²) in [5.74, 6) is -0.446. The lowest BCUT2D eigenvalue weighted by molar-refractivity contribution is -0.136. The van der Waals surface area contributed by atoms with E-state index in [1.807, 2.05) is 45.0 Å².